The maximum absolute atomic E-state index is 9.40. The average Bonchev–Trinajstić information content (AvgIpc) is 2.85. The number of benzene rings is 1. The quantitative estimate of drug-likeness (QED) is 0.856. The van der Waals surface area contributed by atoms with Gasteiger partial charge < -0.3 is 10.8 Å². The number of fused-ring (bicyclic) bond motifs is 1. The SMILES string of the molecule is NC1(CCc2cc3ccc(O)cc3s2)CC1. The Hall–Kier alpha value is -1.06. The molecular formula is C13H15NOS. The summed E-state index contributed by atoms with van der Waals surface area (Å²) >= 11 is 1.76. The summed E-state index contributed by atoms with van der Waals surface area (Å²) in [6, 6.07) is 7.76. The molecule has 1 aliphatic carbocycles. The van der Waals surface area contributed by atoms with Crippen LogP contribution in [0.15, 0.2) is 24.3 Å². The smallest absolute Gasteiger partial charge is 0.117 e. The number of phenolic OH excluding ortho intramolecular Hbond substituents is 1. The standard InChI is InChI=1S/C13H15NOS/c14-13(5-6-13)4-3-11-7-9-1-2-10(15)8-12(9)16-11/h1-2,7-8,15H,3-6,14H2. The highest BCUT2D eigenvalue weighted by molar-refractivity contribution is 7.19. The van der Waals surface area contributed by atoms with Gasteiger partial charge in [0.25, 0.3) is 0 Å². The normalized spacial score (nSPS) is 17.8. The second-order valence-electron chi connectivity index (χ2n) is 4.80. The minimum atomic E-state index is 0.137. The first-order valence-electron chi connectivity index (χ1n) is 5.65. The van der Waals surface area contributed by atoms with Crippen molar-refractivity contribution in [1.29, 1.82) is 0 Å². The molecule has 16 heavy (non-hydrogen) atoms. The number of hydrogen-bond acceptors (Lipinski definition) is 3. The van der Waals surface area contributed by atoms with E-state index >= 15 is 0 Å². The van der Waals surface area contributed by atoms with Gasteiger partial charge in [0.05, 0.1) is 0 Å². The lowest BCUT2D eigenvalue weighted by Gasteiger charge is -2.05. The van der Waals surface area contributed by atoms with Gasteiger partial charge in [-0.3, -0.25) is 0 Å². The first-order valence-corrected chi connectivity index (χ1v) is 6.47. The number of nitrogens with two attached hydrogens (primary N) is 1. The van der Waals surface area contributed by atoms with E-state index in [0.717, 1.165) is 17.5 Å². The van der Waals surface area contributed by atoms with Crippen LogP contribution in [0.2, 0.25) is 0 Å². The maximum Gasteiger partial charge on any atom is 0.117 e. The molecule has 3 heteroatoms. The zero-order valence-corrected chi connectivity index (χ0v) is 9.89. The average molecular weight is 233 g/mol. The second-order valence-corrected chi connectivity index (χ2v) is 5.97. The Labute approximate surface area is 98.7 Å². The monoisotopic (exact) mass is 233 g/mol. The molecule has 1 aromatic heterocycles. The van der Waals surface area contributed by atoms with Crippen molar-refractivity contribution in [3.05, 3.63) is 29.1 Å². The van der Waals surface area contributed by atoms with Gasteiger partial charge in [-0.1, -0.05) is 0 Å². The van der Waals surface area contributed by atoms with E-state index in [4.69, 9.17) is 5.73 Å². The third-order valence-electron chi connectivity index (χ3n) is 3.32. The first kappa shape index (κ1) is 10.1. The lowest BCUT2D eigenvalue weighted by atomic mass is 10.1. The van der Waals surface area contributed by atoms with Crippen LogP contribution in [0.5, 0.6) is 5.75 Å². The fourth-order valence-corrected chi connectivity index (χ4v) is 3.08. The summed E-state index contributed by atoms with van der Waals surface area (Å²) in [7, 11) is 0. The van der Waals surface area contributed by atoms with Crippen LogP contribution in [0, 0.1) is 0 Å². The molecule has 1 aromatic carbocycles. The van der Waals surface area contributed by atoms with E-state index in [0.29, 0.717) is 5.75 Å². The van der Waals surface area contributed by atoms with Crippen LogP contribution in [0.4, 0.5) is 0 Å². The molecule has 0 atom stereocenters. The minimum Gasteiger partial charge on any atom is -0.508 e. The summed E-state index contributed by atoms with van der Waals surface area (Å²) in [5, 5.41) is 10.6. The Balaban J connectivity index is 1.82. The first-order chi connectivity index (χ1) is 7.65. The molecule has 0 spiro atoms. The largest absolute Gasteiger partial charge is 0.508 e. The molecule has 1 aliphatic rings. The Morgan fingerprint density at radius 3 is 2.88 bits per heavy atom. The number of phenols is 1. The van der Waals surface area contributed by atoms with Crippen molar-refractivity contribution >= 4 is 21.4 Å². The van der Waals surface area contributed by atoms with E-state index in [-0.39, 0.29) is 5.54 Å². The van der Waals surface area contributed by atoms with Gasteiger partial charge in [-0.2, -0.15) is 0 Å². The fourth-order valence-electron chi connectivity index (χ4n) is 1.98. The molecular weight excluding hydrogens is 218 g/mol. The molecule has 3 rings (SSSR count). The van der Waals surface area contributed by atoms with Crippen LogP contribution in [0.1, 0.15) is 24.1 Å². The molecule has 2 nitrogen and oxygen atoms in total. The molecule has 0 amide bonds. The van der Waals surface area contributed by atoms with Crippen molar-refractivity contribution in [2.45, 2.75) is 31.2 Å². The Morgan fingerprint density at radius 1 is 1.31 bits per heavy atom. The third-order valence-corrected chi connectivity index (χ3v) is 4.47. The van der Waals surface area contributed by atoms with E-state index in [9.17, 15) is 5.11 Å². The van der Waals surface area contributed by atoms with Crippen LogP contribution >= 0.6 is 11.3 Å². The topological polar surface area (TPSA) is 46.2 Å². The maximum atomic E-state index is 9.40. The summed E-state index contributed by atoms with van der Waals surface area (Å²) in [4.78, 5) is 1.37. The molecule has 0 aliphatic heterocycles. The Kier molecular flexibility index (Phi) is 2.19. The van der Waals surface area contributed by atoms with Gasteiger partial charge >= 0.3 is 0 Å². The summed E-state index contributed by atoms with van der Waals surface area (Å²) in [5.74, 6) is 0.346. The minimum absolute atomic E-state index is 0.137. The molecule has 0 unspecified atom stereocenters. The zero-order valence-electron chi connectivity index (χ0n) is 9.07. The Bertz CT molecular complexity index is 528. The number of aryl methyl sites for hydroxylation is 1. The lowest BCUT2D eigenvalue weighted by molar-refractivity contribution is 0.476. The van der Waals surface area contributed by atoms with Crippen molar-refractivity contribution < 1.29 is 5.11 Å². The molecule has 1 saturated carbocycles. The highest BCUT2D eigenvalue weighted by Gasteiger charge is 2.37. The third kappa shape index (κ3) is 1.93. The van der Waals surface area contributed by atoms with Crippen molar-refractivity contribution in [2.75, 3.05) is 0 Å². The number of aromatic hydroxyl groups is 1. The van der Waals surface area contributed by atoms with Gasteiger partial charge in [0.15, 0.2) is 0 Å². The molecule has 0 bridgehead atoms. The van der Waals surface area contributed by atoms with Gasteiger partial charge in [0, 0.05) is 15.1 Å². The summed E-state index contributed by atoms with van der Waals surface area (Å²) in [5.41, 5.74) is 6.21. The molecule has 1 fully saturated rings. The van der Waals surface area contributed by atoms with Crippen molar-refractivity contribution in [1.82, 2.24) is 0 Å². The molecule has 0 radical (unpaired) electrons. The molecule has 2 aromatic rings. The van der Waals surface area contributed by atoms with Gasteiger partial charge in [0.1, 0.15) is 5.75 Å². The summed E-state index contributed by atoms with van der Waals surface area (Å²) in [6.45, 7) is 0. The van der Waals surface area contributed by atoms with E-state index in [1.807, 2.05) is 12.1 Å². The van der Waals surface area contributed by atoms with Crippen molar-refractivity contribution in [3.8, 4) is 5.75 Å². The zero-order chi connectivity index (χ0) is 11.2. The van der Waals surface area contributed by atoms with Crippen LogP contribution in [0.25, 0.3) is 10.1 Å². The van der Waals surface area contributed by atoms with E-state index < -0.39 is 0 Å². The molecule has 84 valence electrons. The van der Waals surface area contributed by atoms with Crippen LogP contribution < -0.4 is 5.73 Å². The van der Waals surface area contributed by atoms with Gasteiger partial charge in [-0.15, -0.1) is 11.3 Å². The van der Waals surface area contributed by atoms with Crippen LogP contribution in [0.3, 0.4) is 0 Å². The summed E-state index contributed by atoms with van der Waals surface area (Å²) < 4.78 is 1.16. The van der Waals surface area contributed by atoms with Gasteiger partial charge in [-0.05, 0) is 55.3 Å². The predicted octanol–water partition coefficient (Wildman–Crippen LogP) is 3.03. The summed E-state index contributed by atoms with van der Waals surface area (Å²) in [6.07, 6.45) is 4.51. The lowest BCUT2D eigenvalue weighted by Crippen LogP contribution is -2.21. The van der Waals surface area contributed by atoms with Crippen molar-refractivity contribution in [3.63, 3.8) is 0 Å². The number of hydrogen-bond donors (Lipinski definition) is 2. The second kappa shape index (κ2) is 3.47. The highest BCUT2D eigenvalue weighted by atomic mass is 32.1. The molecule has 0 saturated heterocycles. The van der Waals surface area contributed by atoms with Gasteiger partial charge in [0.2, 0.25) is 0 Å². The molecule has 3 N–H and O–H groups in total. The van der Waals surface area contributed by atoms with Crippen LogP contribution in [-0.4, -0.2) is 10.6 Å². The number of rotatable bonds is 3. The predicted molar refractivity (Wildman–Crippen MR) is 68.0 cm³/mol. The molecule has 1 heterocycles. The van der Waals surface area contributed by atoms with E-state index in [2.05, 4.69) is 6.07 Å². The fraction of sp³-hybridized carbons (Fsp3) is 0.385. The van der Waals surface area contributed by atoms with E-state index in [1.54, 1.807) is 17.4 Å². The van der Waals surface area contributed by atoms with Crippen molar-refractivity contribution in [2.24, 2.45) is 5.73 Å². The van der Waals surface area contributed by atoms with Gasteiger partial charge in [-0.25, -0.2) is 0 Å². The van der Waals surface area contributed by atoms with Crippen LogP contribution in [-0.2, 0) is 6.42 Å². The Morgan fingerprint density at radius 2 is 2.12 bits per heavy atom. The highest BCUT2D eigenvalue weighted by Crippen LogP contribution is 2.38. The van der Waals surface area contributed by atoms with E-state index in [1.165, 1.54) is 23.1 Å². The number of thiophene rings is 1.